The molecule has 118 valence electrons. The summed E-state index contributed by atoms with van der Waals surface area (Å²) in [6, 6.07) is 2.00. The van der Waals surface area contributed by atoms with Crippen molar-refractivity contribution in [1.82, 2.24) is 10.2 Å². The van der Waals surface area contributed by atoms with Crippen LogP contribution in [0.4, 0.5) is 0 Å². The molecular formula is C17H34N2O. The predicted octanol–water partition coefficient (Wildman–Crippen LogP) is 3.04. The summed E-state index contributed by atoms with van der Waals surface area (Å²) in [6.07, 6.45) is 6.88. The summed E-state index contributed by atoms with van der Waals surface area (Å²) >= 11 is 0. The van der Waals surface area contributed by atoms with E-state index in [1.807, 2.05) is 7.11 Å². The zero-order valence-electron chi connectivity index (χ0n) is 14.1. The van der Waals surface area contributed by atoms with Crippen molar-refractivity contribution in [2.45, 2.75) is 84.0 Å². The smallest absolute Gasteiger partial charge is 0.0586 e. The van der Waals surface area contributed by atoms with Crippen LogP contribution in [0.3, 0.4) is 0 Å². The third-order valence-corrected chi connectivity index (χ3v) is 5.36. The number of nitrogens with zero attached hydrogens (tertiary/aromatic N) is 1. The maximum absolute atomic E-state index is 5.63. The predicted molar refractivity (Wildman–Crippen MR) is 85.1 cm³/mol. The highest BCUT2D eigenvalue weighted by molar-refractivity contribution is 4.92. The van der Waals surface area contributed by atoms with E-state index < -0.39 is 0 Å². The first-order chi connectivity index (χ1) is 9.41. The molecule has 4 atom stereocenters. The Morgan fingerprint density at radius 1 is 1.15 bits per heavy atom. The van der Waals surface area contributed by atoms with E-state index in [0.29, 0.717) is 29.6 Å². The molecule has 3 heteroatoms. The SMILES string of the molecule is COC1CCCC(N2CC(C(C)(C)C)NCCC2C)C1. The van der Waals surface area contributed by atoms with Crippen LogP contribution in [0.1, 0.15) is 59.8 Å². The van der Waals surface area contributed by atoms with Crippen LogP contribution < -0.4 is 5.32 Å². The molecule has 0 radical (unpaired) electrons. The number of rotatable bonds is 2. The van der Waals surface area contributed by atoms with E-state index in [1.54, 1.807) is 0 Å². The molecule has 1 saturated carbocycles. The molecular weight excluding hydrogens is 248 g/mol. The van der Waals surface area contributed by atoms with Crippen LogP contribution in [-0.4, -0.2) is 49.3 Å². The summed E-state index contributed by atoms with van der Waals surface area (Å²) in [5, 5.41) is 3.77. The second kappa shape index (κ2) is 6.76. The summed E-state index contributed by atoms with van der Waals surface area (Å²) in [7, 11) is 1.87. The minimum absolute atomic E-state index is 0.331. The Labute approximate surface area is 125 Å². The molecule has 2 rings (SSSR count). The quantitative estimate of drug-likeness (QED) is 0.842. The molecule has 1 aliphatic heterocycles. The van der Waals surface area contributed by atoms with Gasteiger partial charge in [-0.2, -0.15) is 0 Å². The van der Waals surface area contributed by atoms with Gasteiger partial charge < -0.3 is 10.1 Å². The van der Waals surface area contributed by atoms with E-state index in [2.05, 4.69) is 37.9 Å². The van der Waals surface area contributed by atoms with E-state index >= 15 is 0 Å². The van der Waals surface area contributed by atoms with E-state index in [-0.39, 0.29) is 0 Å². The fraction of sp³-hybridized carbons (Fsp3) is 1.00. The van der Waals surface area contributed by atoms with Crippen molar-refractivity contribution in [3.63, 3.8) is 0 Å². The Morgan fingerprint density at radius 3 is 2.55 bits per heavy atom. The van der Waals surface area contributed by atoms with E-state index in [1.165, 1.54) is 38.6 Å². The van der Waals surface area contributed by atoms with Gasteiger partial charge in [0.05, 0.1) is 6.10 Å². The summed E-state index contributed by atoms with van der Waals surface area (Å²) in [4.78, 5) is 2.78. The van der Waals surface area contributed by atoms with Gasteiger partial charge in [-0.1, -0.05) is 20.8 Å². The molecule has 0 aromatic heterocycles. The number of ether oxygens (including phenoxy) is 1. The molecule has 1 heterocycles. The molecule has 0 amide bonds. The summed E-state index contributed by atoms with van der Waals surface area (Å²) in [6.45, 7) is 11.8. The van der Waals surface area contributed by atoms with Crippen molar-refractivity contribution >= 4 is 0 Å². The van der Waals surface area contributed by atoms with Gasteiger partial charge >= 0.3 is 0 Å². The maximum atomic E-state index is 5.63. The highest BCUT2D eigenvalue weighted by Crippen LogP contribution is 2.30. The van der Waals surface area contributed by atoms with E-state index in [0.717, 1.165) is 6.54 Å². The highest BCUT2D eigenvalue weighted by atomic mass is 16.5. The van der Waals surface area contributed by atoms with Crippen LogP contribution in [0.2, 0.25) is 0 Å². The molecule has 0 aromatic carbocycles. The van der Waals surface area contributed by atoms with Crippen molar-refractivity contribution in [3.05, 3.63) is 0 Å². The van der Waals surface area contributed by atoms with Crippen molar-refractivity contribution < 1.29 is 4.74 Å². The molecule has 3 nitrogen and oxygen atoms in total. The maximum Gasteiger partial charge on any atom is 0.0586 e. The first-order valence-electron chi connectivity index (χ1n) is 8.43. The van der Waals surface area contributed by atoms with Crippen LogP contribution in [0.5, 0.6) is 0 Å². The fourth-order valence-electron chi connectivity index (χ4n) is 3.81. The zero-order valence-corrected chi connectivity index (χ0v) is 14.1. The average Bonchev–Trinajstić information content (AvgIpc) is 2.60. The zero-order chi connectivity index (χ0) is 14.8. The Bertz CT molecular complexity index is 300. The normalized spacial score (nSPS) is 37.6. The fourth-order valence-corrected chi connectivity index (χ4v) is 3.81. The van der Waals surface area contributed by atoms with Gasteiger partial charge in [-0.05, 0) is 51.0 Å². The Hall–Kier alpha value is -0.120. The van der Waals surface area contributed by atoms with Gasteiger partial charge in [0.1, 0.15) is 0 Å². The second-order valence-corrected chi connectivity index (χ2v) is 7.89. The van der Waals surface area contributed by atoms with Crippen molar-refractivity contribution in [1.29, 1.82) is 0 Å². The minimum atomic E-state index is 0.331. The van der Waals surface area contributed by atoms with Crippen LogP contribution in [-0.2, 0) is 4.74 Å². The number of hydrogen-bond acceptors (Lipinski definition) is 3. The van der Waals surface area contributed by atoms with Crippen molar-refractivity contribution in [2.24, 2.45) is 5.41 Å². The Morgan fingerprint density at radius 2 is 1.90 bits per heavy atom. The monoisotopic (exact) mass is 282 g/mol. The van der Waals surface area contributed by atoms with Gasteiger partial charge in [-0.15, -0.1) is 0 Å². The Balaban J connectivity index is 2.06. The lowest BCUT2D eigenvalue weighted by Crippen LogP contribution is -2.51. The highest BCUT2D eigenvalue weighted by Gasteiger charge is 2.35. The Kier molecular flexibility index (Phi) is 5.49. The van der Waals surface area contributed by atoms with Crippen molar-refractivity contribution in [2.75, 3.05) is 20.2 Å². The molecule has 2 fully saturated rings. The third kappa shape index (κ3) is 3.96. The molecule has 2 aliphatic rings. The molecule has 1 saturated heterocycles. The van der Waals surface area contributed by atoms with Crippen LogP contribution in [0.25, 0.3) is 0 Å². The average molecular weight is 282 g/mol. The molecule has 1 aliphatic carbocycles. The molecule has 0 bridgehead atoms. The molecule has 1 N–H and O–H groups in total. The number of nitrogens with one attached hydrogen (secondary N) is 1. The number of methoxy groups -OCH3 is 1. The van der Waals surface area contributed by atoms with Gasteiger partial charge in [0.25, 0.3) is 0 Å². The van der Waals surface area contributed by atoms with Crippen molar-refractivity contribution in [3.8, 4) is 0 Å². The summed E-state index contributed by atoms with van der Waals surface area (Å²) in [5.74, 6) is 0. The van der Waals surface area contributed by atoms with Crippen LogP contribution >= 0.6 is 0 Å². The van der Waals surface area contributed by atoms with Gasteiger partial charge in [0.15, 0.2) is 0 Å². The first-order valence-corrected chi connectivity index (χ1v) is 8.43. The standard InChI is InChI=1S/C17H34N2O/c1-13-9-10-18-16(17(2,3)4)12-19(13)14-7-6-8-15(11-14)20-5/h13-16,18H,6-12H2,1-5H3. The summed E-state index contributed by atoms with van der Waals surface area (Å²) in [5.41, 5.74) is 0.331. The third-order valence-electron chi connectivity index (χ3n) is 5.36. The van der Waals surface area contributed by atoms with Gasteiger partial charge in [0, 0.05) is 31.8 Å². The van der Waals surface area contributed by atoms with Gasteiger partial charge in [-0.3, -0.25) is 4.90 Å². The molecule has 0 aromatic rings. The minimum Gasteiger partial charge on any atom is -0.381 e. The lowest BCUT2D eigenvalue weighted by molar-refractivity contribution is 0.0121. The van der Waals surface area contributed by atoms with Gasteiger partial charge in [0.2, 0.25) is 0 Å². The van der Waals surface area contributed by atoms with Crippen LogP contribution in [0, 0.1) is 5.41 Å². The lowest BCUT2D eigenvalue weighted by atomic mass is 9.85. The molecule has 0 spiro atoms. The number of hydrogen-bond donors (Lipinski definition) is 1. The first kappa shape index (κ1) is 16.3. The van der Waals surface area contributed by atoms with Gasteiger partial charge in [-0.25, -0.2) is 0 Å². The second-order valence-electron chi connectivity index (χ2n) is 7.89. The molecule has 4 unspecified atom stereocenters. The largest absolute Gasteiger partial charge is 0.381 e. The lowest BCUT2D eigenvalue weighted by Gasteiger charge is -2.42. The molecule has 20 heavy (non-hydrogen) atoms. The topological polar surface area (TPSA) is 24.5 Å². The van der Waals surface area contributed by atoms with E-state index in [4.69, 9.17) is 4.74 Å². The van der Waals surface area contributed by atoms with Crippen LogP contribution in [0.15, 0.2) is 0 Å². The summed E-state index contributed by atoms with van der Waals surface area (Å²) < 4.78 is 5.63. The van der Waals surface area contributed by atoms with E-state index in [9.17, 15) is 0 Å².